The average molecular weight is 299 g/mol. The molecule has 0 aliphatic heterocycles. The van der Waals surface area contributed by atoms with Gasteiger partial charge >= 0.3 is 5.97 Å². The van der Waals surface area contributed by atoms with E-state index in [0.717, 1.165) is 5.56 Å². The Kier molecular flexibility index (Phi) is 5.00. The molecule has 0 aliphatic rings. The minimum atomic E-state index is -0.396. The van der Waals surface area contributed by atoms with Crippen molar-refractivity contribution in [2.75, 3.05) is 0 Å². The van der Waals surface area contributed by atoms with Crippen molar-refractivity contribution in [3.05, 3.63) is 65.7 Å². The van der Waals surface area contributed by atoms with E-state index in [1.807, 2.05) is 6.07 Å². The molecule has 3 N–H and O–H groups in total. The molecule has 106 valence electrons. The molecule has 21 heavy (non-hydrogen) atoms. The summed E-state index contributed by atoms with van der Waals surface area (Å²) in [6.07, 6.45) is 1.56. The summed E-state index contributed by atoms with van der Waals surface area (Å²) in [6.45, 7) is 0. The van der Waals surface area contributed by atoms with Gasteiger partial charge in [0.05, 0.1) is 11.8 Å². The number of carbonyl (C=O) groups is 1. The Hall–Kier alpha value is -2.73. The molecule has 0 saturated heterocycles. The van der Waals surface area contributed by atoms with Crippen LogP contribution in [0, 0.1) is 0 Å². The van der Waals surface area contributed by atoms with Crippen LogP contribution >= 0.6 is 12.2 Å². The second-order valence-corrected chi connectivity index (χ2v) is 4.50. The second-order valence-electron chi connectivity index (χ2n) is 4.06. The zero-order valence-electron chi connectivity index (χ0n) is 11.0. The summed E-state index contributed by atoms with van der Waals surface area (Å²) in [4.78, 5) is 11.9. The molecule has 2 rings (SSSR count). The summed E-state index contributed by atoms with van der Waals surface area (Å²) in [5, 5.41) is 3.93. The maximum atomic E-state index is 11.9. The van der Waals surface area contributed by atoms with Crippen molar-refractivity contribution in [3.63, 3.8) is 0 Å². The Morgan fingerprint density at radius 2 is 1.81 bits per heavy atom. The summed E-state index contributed by atoms with van der Waals surface area (Å²) in [6, 6.07) is 15.7. The number of carbonyl (C=O) groups excluding carboxylic acids is 1. The Morgan fingerprint density at radius 3 is 2.43 bits per heavy atom. The first-order chi connectivity index (χ1) is 10.1. The van der Waals surface area contributed by atoms with Crippen LogP contribution in [-0.2, 0) is 0 Å². The maximum absolute atomic E-state index is 11.9. The van der Waals surface area contributed by atoms with Gasteiger partial charge in [-0.25, -0.2) is 4.79 Å². The van der Waals surface area contributed by atoms with Crippen molar-refractivity contribution in [2.45, 2.75) is 0 Å². The van der Waals surface area contributed by atoms with Crippen LogP contribution in [0.4, 0.5) is 0 Å². The van der Waals surface area contributed by atoms with E-state index in [2.05, 4.69) is 22.7 Å². The first kappa shape index (κ1) is 14.7. The van der Waals surface area contributed by atoms with E-state index >= 15 is 0 Å². The minimum absolute atomic E-state index is 0.0969. The zero-order valence-corrected chi connectivity index (χ0v) is 11.8. The van der Waals surface area contributed by atoms with Gasteiger partial charge in [-0.3, -0.25) is 5.43 Å². The predicted octanol–water partition coefficient (Wildman–Crippen LogP) is 2.07. The van der Waals surface area contributed by atoms with Crippen LogP contribution < -0.4 is 15.9 Å². The molecule has 0 atom stereocenters. The average Bonchev–Trinajstić information content (AvgIpc) is 2.49. The van der Waals surface area contributed by atoms with Crippen molar-refractivity contribution in [1.29, 1.82) is 0 Å². The van der Waals surface area contributed by atoms with Crippen molar-refractivity contribution < 1.29 is 9.53 Å². The van der Waals surface area contributed by atoms with Gasteiger partial charge in [0.25, 0.3) is 0 Å². The number of hydrogen-bond donors (Lipinski definition) is 2. The Labute approximate surface area is 127 Å². The lowest BCUT2D eigenvalue weighted by molar-refractivity contribution is 0.0735. The first-order valence-electron chi connectivity index (χ1n) is 6.11. The second kappa shape index (κ2) is 7.16. The summed E-state index contributed by atoms with van der Waals surface area (Å²) < 4.78 is 5.26. The highest BCUT2D eigenvalue weighted by atomic mass is 32.1. The van der Waals surface area contributed by atoms with Crippen LogP contribution in [0.15, 0.2) is 59.7 Å². The highest BCUT2D eigenvalue weighted by Gasteiger charge is 2.07. The molecule has 2 aromatic carbocycles. The quantitative estimate of drug-likeness (QED) is 0.297. The lowest BCUT2D eigenvalue weighted by Gasteiger charge is -2.04. The molecule has 0 aromatic heterocycles. The highest BCUT2D eigenvalue weighted by molar-refractivity contribution is 7.80. The Morgan fingerprint density at radius 1 is 1.14 bits per heavy atom. The van der Waals surface area contributed by atoms with Gasteiger partial charge in [-0.1, -0.05) is 18.2 Å². The lowest BCUT2D eigenvalue weighted by Crippen LogP contribution is -2.23. The largest absolute Gasteiger partial charge is 0.423 e. The molecule has 5 nitrogen and oxygen atoms in total. The number of rotatable bonds is 4. The SMILES string of the molecule is NC(=S)NN=Cc1ccc(OC(=O)c2ccccc2)cc1. The number of nitrogens with two attached hydrogens (primary N) is 1. The molecule has 0 spiro atoms. The summed E-state index contributed by atoms with van der Waals surface area (Å²) in [5.41, 5.74) is 9.02. The van der Waals surface area contributed by atoms with Crippen molar-refractivity contribution in [1.82, 2.24) is 5.43 Å². The van der Waals surface area contributed by atoms with E-state index in [1.165, 1.54) is 0 Å². The molecular weight excluding hydrogens is 286 g/mol. The number of nitrogens with zero attached hydrogens (tertiary/aromatic N) is 1. The molecule has 0 saturated carbocycles. The van der Waals surface area contributed by atoms with E-state index in [1.54, 1.807) is 54.7 Å². The van der Waals surface area contributed by atoms with Crippen LogP contribution in [0.3, 0.4) is 0 Å². The summed E-state index contributed by atoms with van der Waals surface area (Å²) in [7, 11) is 0. The monoisotopic (exact) mass is 299 g/mol. The van der Waals surface area contributed by atoms with Gasteiger partial charge in [-0.05, 0) is 54.2 Å². The van der Waals surface area contributed by atoms with Gasteiger partial charge < -0.3 is 10.5 Å². The molecule has 6 heteroatoms. The van der Waals surface area contributed by atoms with Gasteiger partial charge in [0, 0.05) is 0 Å². The molecule has 0 fully saturated rings. The maximum Gasteiger partial charge on any atom is 0.343 e. The van der Waals surface area contributed by atoms with Crippen molar-refractivity contribution >= 4 is 29.5 Å². The van der Waals surface area contributed by atoms with Crippen LogP contribution in [0.2, 0.25) is 0 Å². The topological polar surface area (TPSA) is 76.7 Å². The van der Waals surface area contributed by atoms with Gasteiger partial charge in [0.15, 0.2) is 5.11 Å². The van der Waals surface area contributed by atoms with Crippen LogP contribution in [0.25, 0.3) is 0 Å². The fraction of sp³-hybridized carbons (Fsp3) is 0. The fourth-order valence-corrected chi connectivity index (χ4v) is 1.59. The van der Waals surface area contributed by atoms with Crippen LogP contribution in [0.1, 0.15) is 15.9 Å². The number of esters is 1. The zero-order chi connectivity index (χ0) is 15.1. The van der Waals surface area contributed by atoms with E-state index < -0.39 is 5.97 Å². The van der Waals surface area contributed by atoms with E-state index in [-0.39, 0.29) is 5.11 Å². The van der Waals surface area contributed by atoms with Gasteiger partial charge in [-0.2, -0.15) is 5.10 Å². The lowest BCUT2D eigenvalue weighted by atomic mass is 10.2. The first-order valence-corrected chi connectivity index (χ1v) is 6.52. The Balaban J connectivity index is 1.98. The normalized spacial score (nSPS) is 10.3. The molecule has 0 unspecified atom stereocenters. The smallest absolute Gasteiger partial charge is 0.343 e. The third-order valence-electron chi connectivity index (χ3n) is 2.49. The number of benzene rings is 2. The van der Waals surface area contributed by atoms with E-state index in [0.29, 0.717) is 11.3 Å². The van der Waals surface area contributed by atoms with Gasteiger partial charge in [0.1, 0.15) is 5.75 Å². The third-order valence-corrected chi connectivity index (χ3v) is 2.58. The summed E-state index contributed by atoms with van der Waals surface area (Å²) >= 11 is 4.62. The highest BCUT2D eigenvalue weighted by Crippen LogP contribution is 2.13. The van der Waals surface area contributed by atoms with E-state index in [4.69, 9.17) is 10.5 Å². The molecule has 0 aliphatic carbocycles. The predicted molar refractivity (Wildman–Crippen MR) is 85.4 cm³/mol. The molecule has 0 amide bonds. The minimum Gasteiger partial charge on any atom is -0.423 e. The van der Waals surface area contributed by atoms with Crippen molar-refractivity contribution in [2.24, 2.45) is 10.8 Å². The summed E-state index contributed by atoms with van der Waals surface area (Å²) in [5.74, 6) is 0.0653. The number of hydrazone groups is 1. The number of hydrogen-bond acceptors (Lipinski definition) is 4. The molecule has 2 aromatic rings. The standard InChI is InChI=1S/C15H13N3O2S/c16-15(21)18-17-10-11-6-8-13(9-7-11)20-14(19)12-4-2-1-3-5-12/h1-10H,(H3,16,18,21). The number of ether oxygens (including phenoxy) is 1. The molecular formula is C15H13N3O2S. The van der Waals surface area contributed by atoms with Crippen LogP contribution in [0.5, 0.6) is 5.75 Å². The molecule has 0 heterocycles. The number of thiocarbonyl (C=S) groups is 1. The molecule has 0 radical (unpaired) electrons. The van der Waals surface area contributed by atoms with Crippen molar-refractivity contribution in [3.8, 4) is 5.75 Å². The van der Waals surface area contributed by atoms with Gasteiger partial charge in [-0.15, -0.1) is 0 Å². The number of nitrogens with one attached hydrogen (secondary N) is 1. The third kappa shape index (κ3) is 4.70. The van der Waals surface area contributed by atoms with Gasteiger partial charge in [0.2, 0.25) is 0 Å². The molecule has 0 bridgehead atoms. The fourth-order valence-electron chi connectivity index (χ4n) is 1.53. The Bertz CT molecular complexity index is 654. The van der Waals surface area contributed by atoms with E-state index in [9.17, 15) is 4.79 Å². The van der Waals surface area contributed by atoms with Crippen LogP contribution in [-0.4, -0.2) is 17.3 Å².